The number of hydrogen-bond acceptors (Lipinski definition) is 3. The summed E-state index contributed by atoms with van der Waals surface area (Å²) < 4.78 is 6.20. The Hall–Kier alpha value is -0.860. The molecule has 0 radical (unpaired) electrons. The maximum atomic E-state index is 13.0. The van der Waals surface area contributed by atoms with Crippen molar-refractivity contribution in [3.05, 3.63) is 0 Å². The van der Waals surface area contributed by atoms with E-state index < -0.39 is 0 Å². The van der Waals surface area contributed by atoms with E-state index in [9.17, 15) is 9.59 Å². The van der Waals surface area contributed by atoms with Gasteiger partial charge in [-0.25, -0.2) is 0 Å². The van der Waals surface area contributed by atoms with Gasteiger partial charge in [0, 0.05) is 24.7 Å². The van der Waals surface area contributed by atoms with Crippen LogP contribution in [0.2, 0.25) is 0 Å². The van der Waals surface area contributed by atoms with Crippen molar-refractivity contribution in [2.24, 2.45) is 46.3 Å². The zero-order valence-corrected chi connectivity index (χ0v) is 19.3. The smallest absolute Gasteiger partial charge is 0.310 e. The highest BCUT2D eigenvalue weighted by molar-refractivity contribution is 5.87. The molecule has 1 aliphatic heterocycles. The molecule has 8 atom stereocenters. The van der Waals surface area contributed by atoms with Gasteiger partial charge in [0.15, 0.2) is 0 Å². The van der Waals surface area contributed by atoms with E-state index in [2.05, 4.69) is 34.6 Å². The standard InChI is InChI=1S/C26H42O3/c1-16(2)7-6-8-17(3)19-9-10-20-23-21(12-14-25(19,20)4)26(5)13-11-18(27)15-22(26)24(28)29-23/h16-17,19-23H,6-15H2,1-5H3/t17-,19-,20+,21+,22-,23-,25?,26?/m1/s1. The molecule has 29 heavy (non-hydrogen) atoms. The first-order valence-electron chi connectivity index (χ1n) is 12.4. The topological polar surface area (TPSA) is 43.4 Å². The van der Waals surface area contributed by atoms with E-state index in [-0.39, 0.29) is 29.2 Å². The molecule has 4 fully saturated rings. The van der Waals surface area contributed by atoms with E-state index in [1.807, 2.05) is 0 Å². The fourth-order valence-corrected chi connectivity index (χ4v) is 8.13. The lowest BCUT2D eigenvalue weighted by Gasteiger charge is -2.58. The molecule has 0 aromatic rings. The van der Waals surface area contributed by atoms with Gasteiger partial charge in [0.1, 0.15) is 11.9 Å². The minimum absolute atomic E-state index is 0.0315. The number of carbonyl (C=O) groups is 2. The molecule has 0 aromatic carbocycles. The van der Waals surface area contributed by atoms with Gasteiger partial charge in [0.05, 0.1) is 5.92 Å². The molecule has 3 aliphatic carbocycles. The van der Waals surface area contributed by atoms with Gasteiger partial charge in [-0.05, 0) is 60.7 Å². The van der Waals surface area contributed by atoms with Crippen molar-refractivity contribution in [1.82, 2.24) is 0 Å². The summed E-state index contributed by atoms with van der Waals surface area (Å²) in [6, 6.07) is 0. The zero-order valence-electron chi connectivity index (χ0n) is 19.3. The summed E-state index contributed by atoms with van der Waals surface area (Å²) >= 11 is 0. The SMILES string of the molecule is CC(C)CCC[C@@H](C)[C@H]1CC[C@H]2[C@H]3OC(=O)[C@H]4CC(=O)CCC4(C)[C@H]3CCC12C. The number of Topliss-reactive ketones (excluding diaryl/α,β-unsaturated/α-hetero) is 1. The molecule has 0 spiro atoms. The normalized spacial score (nSPS) is 45.4. The van der Waals surface area contributed by atoms with Crippen LogP contribution in [0.25, 0.3) is 0 Å². The highest BCUT2D eigenvalue weighted by atomic mass is 16.5. The molecule has 2 unspecified atom stereocenters. The van der Waals surface area contributed by atoms with Crippen LogP contribution in [0.4, 0.5) is 0 Å². The first-order valence-corrected chi connectivity index (χ1v) is 12.4. The van der Waals surface area contributed by atoms with Gasteiger partial charge < -0.3 is 4.74 Å². The van der Waals surface area contributed by atoms with Crippen LogP contribution in [0.5, 0.6) is 0 Å². The van der Waals surface area contributed by atoms with Crippen LogP contribution >= 0.6 is 0 Å². The Kier molecular flexibility index (Phi) is 5.66. The lowest BCUT2D eigenvalue weighted by Crippen LogP contribution is -2.60. The maximum Gasteiger partial charge on any atom is 0.310 e. The largest absolute Gasteiger partial charge is 0.461 e. The van der Waals surface area contributed by atoms with Crippen molar-refractivity contribution in [1.29, 1.82) is 0 Å². The fourth-order valence-electron chi connectivity index (χ4n) is 8.13. The van der Waals surface area contributed by atoms with Gasteiger partial charge >= 0.3 is 5.97 Å². The number of fused-ring (bicyclic) bond motifs is 5. The third kappa shape index (κ3) is 3.49. The lowest BCUT2D eigenvalue weighted by molar-refractivity contribution is -0.212. The Morgan fingerprint density at radius 2 is 1.69 bits per heavy atom. The number of ether oxygens (including phenoxy) is 1. The molecule has 3 heteroatoms. The summed E-state index contributed by atoms with van der Waals surface area (Å²) in [6.07, 6.45) is 11.0. The summed E-state index contributed by atoms with van der Waals surface area (Å²) in [5.74, 6) is 3.26. The van der Waals surface area contributed by atoms with E-state index >= 15 is 0 Å². The number of carbonyl (C=O) groups excluding carboxylic acids is 2. The second-order valence-corrected chi connectivity index (χ2v) is 11.9. The molecule has 164 valence electrons. The maximum absolute atomic E-state index is 13.0. The van der Waals surface area contributed by atoms with Crippen molar-refractivity contribution in [3.8, 4) is 0 Å². The van der Waals surface area contributed by atoms with E-state index in [0.29, 0.717) is 30.1 Å². The van der Waals surface area contributed by atoms with Gasteiger partial charge in [0.25, 0.3) is 0 Å². The van der Waals surface area contributed by atoms with Crippen LogP contribution < -0.4 is 0 Å². The molecular formula is C26H42O3. The molecule has 1 heterocycles. The predicted molar refractivity (Wildman–Crippen MR) is 115 cm³/mol. The molecule has 0 N–H and O–H groups in total. The Bertz CT molecular complexity index is 654. The first kappa shape index (κ1) is 21.4. The number of rotatable bonds is 5. The predicted octanol–water partition coefficient (Wildman–Crippen LogP) is 6.19. The van der Waals surface area contributed by atoms with Gasteiger partial charge in [-0.3, -0.25) is 9.59 Å². The second-order valence-electron chi connectivity index (χ2n) is 11.9. The minimum Gasteiger partial charge on any atom is -0.461 e. The second kappa shape index (κ2) is 7.68. The Morgan fingerprint density at radius 3 is 2.41 bits per heavy atom. The zero-order chi connectivity index (χ0) is 21.0. The molecule has 3 nitrogen and oxygen atoms in total. The Labute approximate surface area is 177 Å². The average molecular weight is 403 g/mol. The Morgan fingerprint density at radius 1 is 0.966 bits per heavy atom. The summed E-state index contributed by atoms with van der Waals surface area (Å²) in [5.41, 5.74) is 0.280. The van der Waals surface area contributed by atoms with Crippen LogP contribution in [0.15, 0.2) is 0 Å². The number of ketones is 1. The van der Waals surface area contributed by atoms with Crippen LogP contribution in [0.1, 0.15) is 98.8 Å². The van der Waals surface area contributed by atoms with Crippen molar-refractivity contribution in [3.63, 3.8) is 0 Å². The molecule has 0 amide bonds. The molecule has 1 saturated heterocycles. The lowest BCUT2D eigenvalue weighted by atomic mass is 9.49. The van der Waals surface area contributed by atoms with Crippen LogP contribution in [-0.2, 0) is 14.3 Å². The monoisotopic (exact) mass is 402 g/mol. The van der Waals surface area contributed by atoms with Crippen LogP contribution in [0, 0.1) is 46.3 Å². The highest BCUT2D eigenvalue weighted by Gasteiger charge is 2.64. The number of hydrogen-bond donors (Lipinski definition) is 0. The van der Waals surface area contributed by atoms with E-state index in [1.54, 1.807) is 0 Å². The minimum atomic E-state index is -0.193. The molecule has 4 aliphatic rings. The van der Waals surface area contributed by atoms with Crippen LogP contribution in [0.3, 0.4) is 0 Å². The van der Waals surface area contributed by atoms with E-state index in [4.69, 9.17) is 4.74 Å². The molecule has 0 bridgehead atoms. The summed E-state index contributed by atoms with van der Waals surface area (Å²) in [5, 5.41) is 0. The van der Waals surface area contributed by atoms with Crippen molar-refractivity contribution >= 4 is 11.8 Å². The average Bonchev–Trinajstić information content (AvgIpc) is 3.00. The fraction of sp³-hybridized carbons (Fsp3) is 0.923. The summed E-state index contributed by atoms with van der Waals surface area (Å²) in [4.78, 5) is 25.0. The van der Waals surface area contributed by atoms with Crippen molar-refractivity contribution in [2.45, 2.75) is 105 Å². The van der Waals surface area contributed by atoms with E-state index in [0.717, 1.165) is 24.2 Å². The molecular weight excluding hydrogens is 360 g/mol. The van der Waals surface area contributed by atoms with Crippen LogP contribution in [-0.4, -0.2) is 17.9 Å². The third-order valence-electron chi connectivity index (χ3n) is 9.95. The van der Waals surface area contributed by atoms with Gasteiger partial charge in [-0.2, -0.15) is 0 Å². The molecule has 0 aromatic heterocycles. The van der Waals surface area contributed by atoms with Crippen molar-refractivity contribution in [2.75, 3.05) is 0 Å². The number of esters is 1. The summed E-state index contributed by atoms with van der Waals surface area (Å²) in [7, 11) is 0. The molecule has 4 rings (SSSR count). The van der Waals surface area contributed by atoms with Gasteiger partial charge in [-0.15, -0.1) is 0 Å². The van der Waals surface area contributed by atoms with Gasteiger partial charge in [0.2, 0.25) is 0 Å². The highest BCUT2D eigenvalue weighted by Crippen LogP contribution is 2.65. The van der Waals surface area contributed by atoms with Gasteiger partial charge in [-0.1, -0.05) is 53.9 Å². The molecule has 3 saturated carbocycles. The quantitative estimate of drug-likeness (QED) is 0.515. The van der Waals surface area contributed by atoms with E-state index in [1.165, 1.54) is 44.9 Å². The first-order chi connectivity index (χ1) is 13.7. The summed E-state index contributed by atoms with van der Waals surface area (Å²) in [6.45, 7) is 11.9. The Balaban J connectivity index is 1.51. The van der Waals surface area contributed by atoms with Crippen molar-refractivity contribution < 1.29 is 14.3 Å². The third-order valence-corrected chi connectivity index (χ3v) is 9.95.